The smallest absolute Gasteiger partial charge is 0.438 e. The van der Waals surface area contributed by atoms with Gasteiger partial charge in [0, 0.05) is 5.02 Å². The van der Waals surface area contributed by atoms with Crippen molar-refractivity contribution < 1.29 is 27.5 Å². The number of aliphatic hydroxyl groups is 1. The first-order chi connectivity index (χ1) is 11.6. The highest BCUT2D eigenvalue weighted by molar-refractivity contribution is 6.30. The molecule has 1 aliphatic rings. The van der Waals surface area contributed by atoms with Crippen molar-refractivity contribution in [2.75, 3.05) is 0 Å². The number of hydrogen-bond acceptors (Lipinski definition) is 4. The molecule has 2 aromatic rings. The van der Waals surface area contributed by atoms with E-state index in [4.69, 9.17) is 16.0 Å². The fraction of sp³-hybridized carbons (Fsp3) is 0.250. The van der Waals surface area contributed by atoms with Gasteiger partial charge in [-0.05, 0) is 30.7 Å². The Hall–Kier alpha value is -2.32. The number of halogens is 4. The van der Waals surface area contributed by atoms with Gasteiger partial charge in [0.25, 0.3) is 11.6 Å². The summed E-state index contributed by atoms with van der Waals surface area (Å²) in [6, 6.07) is 7.13. The Morgan fingerprint density at radius 2 is 1.96 bits per heavy atom. The van der Waals surface area contributed by atoms with Crippen LogP contribution in [0.4, 0.5) is 13.2 Å². The minimum atomic E-state index is -5.10. The number of carbonyl (C=O) groups is 1. The molecule has 1 atom stereocenters. The highest BCUT2D eigenvalue weighted by atomic mass is 35.5. The van der Waals surface area contributed by atoms with Gasteiger partial charge in [0.15, 0.2) is 0 Å². The van der Waals surface area contributed by atoms with Crippen LogP contribution in [-0.4, -0.2) is 33.6 Å². The predicted octanol–water partition coefficient (Wildman–Crippen LogP) is 3.74. The van der Waals surface area contributed by atoms with E-state index in [1.807, 2.05) is 0 Å². The van der Waals surface area contributed by atoms with Crippen molar-refractivity contribution in [1.82, 2.24) is 5.01 Å². The van der Waals surface area contributed by atoms with Crippen molar-refractivity contribution in [1.29, 1.82) is 0 Å². The molecule has 132 valence electrons. The summed E-state index contributed by atoms with van der Waals surface area (Å²) in [6.45, 7) is 1.43. The lowest BCUT2D eigenvalue weighted by Gasteiger charge is -2.32. The van der Waals surface area contributed by atoms with Gasteiger partial charge in [-0.1, -0.05) is 23.7 Å². The van der Waals surface area contributed by atoms with Crippen molar-refractivity contribution in [2.45, 2.75) is 25.2 Å². The number of amides is 1. The fourth-order valence-corrected chi connectivity index (χ4v) is 2.63. The van der Waals surface area contributed by atoms with E-state index in [0.717, 1.165) is 0 Å². The van der Waals surface area contributed by atoms with Gasteiger partial charge in [0.2, 0.25) is 0 Å². The molecule has 0 saturated carbocycles. The Morgan fingerprint density at radius 1 is 1.32 bits per heavy atom. The second-order valence-corrected chi connectivity index (χ2v) is 5.99. The molecule has 0 spiro atoms. The highest BCUT2D eigenvalue weighted by Crippen LogP contribution is 2.42. The fourth-order valence-electron chi connectivity index (χ4n) is 2.50. The molecule has 1 aromatic heterocycles. The van der Waals surface area contributed by atoms with Crippen LogP contribution in [0, 0.1) is 6.92 Å². The Morgan fingerprint density at radius 3 is 2.48 bits per heavy atom. The lowest BCUT2D eigenvalue weighted by molar-refractivity contribution is -0.297. The number of alkyl halides is 3. The van der Waals surface area contributed by atoms with Crippen molar-refractivity contribution in [3.8, 4) is 0 Å². The maximum Gasteiger partial charge on any atom is 0.438 e. The first-order valence-corrected chi connectivity index (χ1v) is 7.52. The summed E-state index contributed by atoms with van der Waals surface area (Å²) in [7, 11) is 0. The number of carbonyl (C=O) groups excluding carboxylic acids is 1. The normalized spacial score (nSPS) is 20.7. The number of rotatable bonds is 2. The van der Waals surface area contributed by atoms with Gasteiger partial charge in [-0.2, -0.15) is 23.3 Å². The molecule has 0 bridgehead atoms. The van der Waals surface area contributed by atoms with Gasteiger partial charge in [-0.25, -0.2) is 0 Å². The van der Waals surface area contributed by atoms with Crippen molar-refractivity contribution in [3.63, 3.8) is 0 Å². The molecule has 0 saturated heterocycles. The minimum Gasteiger partial charge on any atom is -0.469 e. The molecule has 5 nitrogen and oxygen atoms in total. The number of hydrazone groups is 1. The van der Waals surface area contributed by atoms with Gasteiger partial charge in [0.05, 0.1) is 24.0 Å². The molecule has 25 heavy (non-hydrogen) atoms. The van der Waals surface area contributed by atoms with E-state index in [9.17, 15) is 23.1 Å². The molecule has 3 rings (SSSR count). The van der Waals surface area contributed by atoms with E-state index in [-0.39, 0.29) is 22.0 Å². The van der Waals surface area contributed by atoms with E-state index in [1.165, 1.54) is 43.5 Å². The van der Waals surface area contributed by atoms with Gasteiger partial charge in [-0.3, -0.25) is 4.79 Å². The van der Waals surface area contributed by atoms with Crippen molar-refractivity contribution in [3.05, 3.63) is 58.5 Å². The lowest BCUT2D eigenvalue weighted by Crippen LogP contribution is -2.56. The maximum absolute atomic E-state index is 13.5. The first kappa shape index (κ1) is 17.5. The van der Waals surface area contributed by atoms with Gasteiger partial charge < -0.3 is 9.52 Å². The van der Waals surface area contributed by atoms with E-state index in [0.29, 0.717) is 10.6 Å². The van der Waals surface area contributed by atoms with Crippen LogP contribution < -0.4 is 0 Å². The van der Waals surface area contributed by atoms with Crippen LogP contribution in [0.3, 0.4) is 0 Å². The molecule has 1 aliphatic heterocycles. The molecule has 0 unspecified atom stereocenters. The standard InChI is InChI=1S/C16H12ClF3N2O3/c1-9-12(6-7-25-9)14(23)22-15(24,16(18,19)20)8-13(21-22)10-2-4-11(17)5-3-10/h2-7,24H,8H2,1H3/t15-/m1/s1. The molecule has 0 fully saturated rings. The third-order valence-corrected chi connectivity index (χ3v) is 4.15. The number of hydrogen-bond donors (Lipinski definition) is 1. The summed E-state index contributed by atoms with van der Waals surface area (Å²) in [5, 5.41) is 14.5. The summed E-state index contributed by atoms with van der Waals surface area (Å²) < 4.78 is 45.4. The van der Waals surface area contributed by atoms with Crippen LogP contribution in [0.2, 0.25) is 5.02 Å². The summed E-state index contributed by atoms with van der Waals surface area (Å²) in [4.78, 5) is 12.5. The maximum atomic E-state index is 13.5. The number of furan rings is 1. The van der Waals surface area contributed by atoms with E-state index in [1.54, 1.807) is 0 Å². The van der Waals surface area contributed by atoms with Crippen LogP contribution >= 0.6 is 11.6 Å². The van der Waals surface area contributed by atoms with E-state index < -0.39 is 24.2 Å². The Bertz CT molecular complexity index is 845. The zero-order chi connectivity index (χ0) is 18.4. The molecular formula is C16H12ClF3N2O3. The molecule has 1 amide bonds. The van der Waals surface area contributed by atoms with Crippen molar-refractivity contribution >= 4 is 23.2 Å². The second kappa shape index (κ2) is 5.89. The zero-order valence-corrected chi connectivity index (χ0v) is 13.6. The largest absolute Gasteiger partial charge is 0.469 e. The Kier molecular flexibility index (Phi) is 4.12. The first-order valence-electron chi connectivity index (χ1n) is 7.14. The zero-order valence-electron chi connectivity index (χ0n) is 12.8. The van der Waals surface area contributed by atoms with E-state index in [2.05, 4.69) is 5.10 Å². The lowest BCUT2D eigenvalue weighted by atomic mass is 10.0. The van der Waals surface area contributed by atoms with Gasteiger partial charge >= 0.3 is 6.18 Å². The monoisotopic (exact) mass is 372 g/mol. The van der Waals surface area contributed by atoms with Crippen LogP contribution in [0.15, 0.2) is 46.1 Å². The topological polar surface area (TPSA) is 66.0 Å². The number of benzene rings is 1. The number of aryl methyl sites for hydroxylation is 1. The molecule has 1 aromatic carbocycles. The van der Waals surface area contributed by atoms with Crippen LogP contribution in [0.5, 0.6) is 0 Å². The molecular weight excluding hydrogens is 361 g/mol. The Labute approximate surface area is 145 Å². The third kappa shape index (κ3) is 2.91. The predicted molar refractivity (Wildman–Crippen MR) is 83.2 cm³/mol. The Balaban J connectivity index is 2.05. The third-order valence-electron chi connectivity index (χ3n) is 3.90. The number of nitrogens with zero attached hydrogens (tertiary/aromatic N) is 2. The average Bonchev–Trinajstić information content (AvgIpc) is 3.11. The average molecular weight is 373 g/mol. The molecule has 0 aliphatic carbocycles. The van der Waals surface area contributed by atoms with Gasteiger partial charge in [0.1, 0.15) is 5.76 Å². The molecule has 0 radical (unpaired) electrons. The summed E-state index contributed by atoms with van der Waals surface area (Å²) in [5.41, 5.74) is -3.30. The van der Waals surface area contributed by atoms with Crippen molar-refractivity contribution in [2.24, 2.45) is 5.10 Å². The SMILES string of the molecule is Cc1occc1C(=O)N1N=C(c2ccc(Cl)cc2)C[C@@]1(O)C(F)(F)F. The minimum absolute atomic E-state index is 0.0643. The van der Waals surface area contributed by atoms with E-state index >= 15 is 0 Å². The highest BCUT2D eigenvalue weighted by Gasteiger charge is 2.63. The van der Waals surface area contributed by atoms with Crippen LogP contribution in [0.25, 0.3) is 0 Å². The second-order valence-electron chi connectivity index (χ2n) is 5.55. The van der Waals surface area contributed by atoms with Crippen LogP contribution in [0.1, 0.15) is 28.1 Å². The molecule has 2 heterocycles. The summed E-state index contributed by atoms with van der Waals surface area (Å²) in [5.74, 6) is -0.972. The summed E-state index contributed by atoms with van der Waals surface area (Å²) >= 11 is 5.77. The summed E-state index contributed by atoms with van der Waals surface area (Å²) in [6.07, 6.45) is -4.81. The van der Waals surface area contributed by atoms with Gasteiger partial charge in [-0.15, -0.1) is 0 Å². The molecule has 1 N–H and O–H groups in total. The van der Waals surface area contributed by atoms with Crippen LogP contribution in [-0.2, 0) is 0 Å². The quantitative estimate of drug-likeness (QED) is 0.873. The molecule has 9 heteroatoms.